The van der Waals surface area contributed by atoms with E-state index in [2.05, 4.69) is 24.9 Å². The number of amides is 1. The van der Waals surface area contributed by atoms with E-state index in [1.165, 1.54) is 4.90 Å². The van der Waals surface area contributed by atoms with Crippen molar-refractivity contribution in [3.05, 3.63) is 53.5 Å². The molecular formula is C21H23N4OS2+. The van der Waals surface area contributed by atoms with Crippen LogP contribution in [0.25, 0.3) is 20.4 Å². The molecule has 144 valence electrons. The summed E-state index contributed by atoms with van der Waals surface area (Å²) in [6.45, 7) is 8.01. The van der Waals surface area contributed by atoms with Gasteiger partial charge in [0.15, 0.2) is 5.13 Å². The second kappa shape index (κ2) is 8.34. The van der Waals surface area contributed by atoms with Crippen LogP contribution in [0.2, 0.25) is 0 Å². The lowest BCUT2D eigenvalue weighted by molar-refractivity contribution is -0.894. The van der Waals surface area contributed by atoms with Crippen molar-refractivity contribution in [2.24, 2.45) is 0 Å². The third-order valence-electron chi connectivity index (χ3n) is 5.03. The summed E-state index contributed by atoms with van der Waals surface area (Å²) in [4.78, 5) is 25.8. The average molecular weight is 412 g/mol. The van der Waals surface area contributed by atoms with E-state index in [1.807, 2.05) is 46.8 Å². The van der Waals surface area contributed by atoms with E-state index < -0.39 is 0 Å². The van der Waals surface area contributed by atoms with Crippen molar-refractivity contribution in [2.75, 3.05) is 31.1 Å². The van der Waals surface area contributed by atoms with E-state index in [4.69, 9.17) is 4.98 Å². The largest absolute Gasteiger partial charge is 0.334 e. The molecule has 0 bridgehead atoms. The van der Waals surface area contributed by atoms with Crippen molar-refractivity contribution < 1.29 is 9.69 Å². The van der Waals surface area contributed by atoms with Crippen molar-refractivity contribution in [3.8, 4) is 0 Å². The Labute approximate surface area is 172 Å². The first-order valence-corrected chi connectivity index (χ1v) is 11.2. The molecular weight excluding hydrogens is 388 g/mol. The molecule has 4 aromatic rings. The van der Waals surface area contributed by atoms with Gasteiger partial charge in [-0.1, -0.05) is 23.5 Å². The van der Waals surface area contributed by atoms with Gasteiger partial charge in [0.2, 0.25) is 0 Å². The van der Waals surface area contributed by atoms with Crippen LogP contribution in [-0.4, -0.2) is 42.1 Å². The highest BCUT2D eigenvalue weighted by Gasteiger charge is 2.23. The van der Waals surface area contributed by atoms with Gasteiger partial charge < -0.3 is 4.90 Å². The van der Waals surface area contributed by atoms with Crippen LogP contribution in [0.15, 0.2) is 48.0 Å². The van der Waals surface area contributed by atoms with Gasteiger partial charge >= 0.3 is 0 Å². The number of nitrogens with one attached hydrogen (secondary N) is 1. The van der Waals surface area contributed by atoms with E-state index in [0.29, 0.717) is 12.1 Å². The molecule has 0 unspecified atom stereocenters. The van der Waals surface area contributed by atoms with E-state index in [0.717, 1.165) is 45.2 Å². The minimum atomic E-state index is 0.000845. The van der Waals surface area contributed by atoms with E-state index in [1.54, 1.807) is 22.7 Å². The fourth-order valence-electron chi connectivity index (χ4n) is 3.28. The lowest BCUT2D eigenvalue weighted by Crippen LogP contribution is -3.12. The Bertz CT molecular complexity index is 1070. The van der Waals surface area contributed by atoms with Crippen LogP contribution in [0.5, 0.6) is 0 Å². The van der Waals surface area contributed by atoms with Crippen LogP contribution in [-0.2, 0) is 0 Å². The third kappa shape index (κ3) is 3.78. The van der Waals surface area contributed by atoms with Gasteiger partial charge in [0.05, 0.1) is 52.1 Å². The summed E-state index contributed by atoms with van der Waals surface area (Å²) in [7, 11) is 0. The molecule has 4 rings (SSSR count). The SMILES string of the molecule is CC[NH+](CC)CCN(C(=O)c1ccc2ncsc2c1)c1nc2ccccc2s1. The highest BCUT2D eigenvalue weighted by molar-refractivity contribution is 7.22. The summed E-state index contributed by atoms with van der Waals surface area (Å²) in [5, 5.41) is 0.766. The second-order valence-corrected chi connectivity index (χ2v) is 8.56. The first kappa shape index (κ1) is 19.0. The Kier molecular flexibility index (Phi) is 5.66. The molecule has 0 aliphatic heterocycles. The fraction of sp³-hybridized carbons (Fsp3) is 0.286. The molecule has 2 heterocycles. The molecule has 0 aliphatic rings. The van der Waals surface area contributed by atoms with Crippen molar-refractivity contribution in [2.45, 2.75) is 13.8 Å². The number of likely N-dealkylation sites (N-methyl/N-ethyl adjacent to an activating group) is 1. The molecule has 0 fully saturated rings. The Morgan fingerprint density at radius 2 is 1.89 bits per heavy atom. The lowest BCUT2D eigenvalue weighted by atomic mass is 10.2. The Morgan fingerprint density at radius 1 is 1.07 bits per heavy atom. The summed E-state index contributed by atoms with van der Waals surface area (Å²) in [5.41, 5.74) is 4.37. The van der Waals surface area contributed by atoms with Crippen molar-refractivity contribution in [1.29, 1.82) is 0 Å². The van der Waals surface area contributed by atoms with Crippen LogP contribution in [0.4, 0.5) is 5.13 Å². The summed E-state index contributed by atoms with van der Waals surface area (Å²) in [6.07, 6.45) is 0. The molecule has 0 saturated carbocycles. The normalized spacial score (nSPS) is 11.5. The molecule has 0 atom stereocenters. The first-order chi connectivity index (χ1) is 13.7. The van der Waals surface area contributed by atoms with Gasteiger partial charge in [-0.05, 0) is 44.2 Å². The summed E-state index contributed by atoms with van der Waals surface area (Å²) in [5.74, 6) is 0.000845. The van der Waals surface area contributed by atoms with Crippen LogP contribution in [0, 0.1) is 0 Å². The van der Waals surface area contributed by atoms with Gasteiger partial charge in [0.1, 0.15) is 0 Å². The second-order valence-electron chi connectivity index (χ2n) is 6.66. The van der Waals surface area contributed by atoms with E-state index in [-0.39, 0.29) is 5.91 Å². The van der Waals surface area contributed by atoms with E-state index >= 15 is 0 Å². The maximum Gasteiger partial charge on any atom is 0.260 e. The number of carbonyl (C=O) groups is 1. The molecule has 28 heavy (non-hydrogen) atoms. The summed E-state index contributed by atoms with van der Waals surface area (Å²) >= 11 is 3.13. The van der Waals surface area contributed by atoms with Gasteiger partial charge in [0.25, 0.3) is 5.91 Å². The molecule has 0 aliphatic carbocycles. The molecule has 5 nitrogen and oxygen atoms in total. The Hall–Kier alpha value is -2.35. The predicted octanol–water partition coefficient (Wildman–Crippen LogP) is 3.48. The van der Waals surface area contributed by atoms with Crippen molar-refractivity contribution in [3.63, 3.8) is 0 Å². The standard InChI is InChI=1S/C21H22N4OS2/c1-3-24(4-2)11-12-25(21-23-17-7-5-6-8-18(17)28-21)20(26)15-9-10-16-19(13-15)27-14-22-16/h5-10,13-14H,3-4,11-12H2,1-2H3/p+1. The monoisotopic (exact) mass is 411 g/mol. The summed E-state index contributed by atoms with van der Waals surface area (Å²) < 4.78 is 2.13. The predicted molar refractivity (Wildman–Crippen MR) is 118 cm³/mol. The molecule has 1 amide bonds. The van der Waals surface area contributed by atoms with Crippen LogP contribution in [0.3, 0.4) is 0 Å². The Balaban J connectivity index is 1.69. The van der Waals surface area contributed by atoms with Gasteiger partial charge in [-0.25, -0.2) is 9.97 Å². The number of thiazole rings is 2. The zero-order chi connectivity index (χ0) is 19.5. The molecule has 7 heteroatoms. The first-order valence-electron chi connectivity index (χ1n) is 9.53. The average Bonchev–Trinajstić information content (AvgIpc) is 3.36. The van der Waals surface area contributed by atoms with Crippen LogP contribution < -0.4 is 9.80 Å². The number of carbonyl (C=O) groups excluding carboxylic acids is 1. The fourth-order valence-corrected chi connectivity index (χ4v) is 4.98. The number of anilines is 1. The maximum absolute atomic E-state index is 13.4. The highest BCUT2D eigenvalue weighted by Crippen LogP contribution is 2.30. The van der Waals surface area contributed by atoms with Gasteiger partial charge in [-0.3, -0.25) is 9.69 Å². The minimum Gasteiger partial charge on any atom is -0.334 e. The molecule has 0 spiro atoms. The zero-order valence-corrected chi connectivity index (χ0v) is 17.6. The number of rotatable bonds is 7. The lowest BCUT2D eigenvalue weighted by Gasteiger charge is -2.23. The number of quaternary nitrogens is 1. The highest BCUT2D eigenvalue weighted by atomic mass is 32.1. The van der Waals surface area contributed by atoms with Gasteiger partial charge in [-0.2, -0.15) is 0 Å². The van der Waals surface area contributed by atoms with Gasteiger partial charge in [0, 0.05) is 5.56 Å². The number of fused-ring (bicyclic) bond motifs is 2. The number of para-hydroxylation sites is 1. The number of hydrogen-bond acceptors (Lipinski definition) is 5. The van der Waals surface area contributed by atoms with E-state index in [9.17, 15) is 4.79 Å². The smallest absolute Gasteiger partial charge is 0.260 e. The quantitative estimate of drug-likeness (QED) is 0.507. The molecule has 2 aromatic carbocycles. The number of benzene rings is 2. The summed E-state index contributed by atoms with van der Waals surface area (Å²) in [6, 6.07) is 13.8. The topological polar surface area (TPSA) is 50.5 Å². The molecule has 0 radical (unpaired) electrons. The van der Waals surface area contributed by atoms with Crippen molar-refractivity contribution in [1.82, 2.24) is 9.97 Å². The molecule has 0 saturated heterocycles. The van der Waals surface area contributed by atoms with Crippen molar-refractivity contribution >= 4 is 54.1 Å². The van der Waals surface area contributed by atoms with Crippen LogP contribution >= 0.6 is 22.7 Å². The molecule has 1 N–H and O–H groups in total. The number of aromatic nitrogens is 2. The number of nitrogens with zero attached hydrogens (tertiary/aromatic N) is 3. The zero-order valence-electron chi connectivity index (χ0n) is 16.0. The third-order valence-corrected chi connectivity index (χ3v) is 6.88. The van der Waals surface area contributed by atoms with Gasteiger partial charge in [-0.15, -0.1) is 11.3 Å². The molecule has 2 aromatic heterocycles. The minimum absolute atomic E-state index is 0.000845. The number of hydrogen-bond donors (Lipinski definition) is 1. The van der Waals surface area contributed by atoms with Crippen LogP contribution in [0.1, 0.15) is 24.2 Å². The Morgan fingerprint density at radius 3 is 2.68 bits per heavy atom. The maximum atomic E-state index is 13.4.